The van der Waals surface area contributed by atoms with Crippen molar-refractivity contribution in [1.29, 1.82) is 0 Å². The van der Waals surface area contributed by atoms with E-state index in [-0.39, 0.29) is 11.6 Å². The van der Waals surface area contributed by atoms with Crippen LogP contribution < -0.4 is 14.2 Å². The lowest BCUT2D eigenvalue weighted by atomic mass is 10.2. The highest BCUT2D eigenvalue weighted by molar-refractivity contribution is 5.87. The standard InChI is InChI=1S/C24H26FN5O3/c1-29-14-17-18(28-29)6-7-20(23(17)25)33-24-16-12-21(31-2)22(13-19(16)26-15-27-24)32-11-5-10-30-8-3-4-9-30/h6-7,12-15H,3-5,8-11H2,1-2H3. The number of aryl methyl sites for hydroxylation is 1. The van der Waals surface area contributed by atoms with Gasteiger partial charge >= 0.3 is 0 Å². The zero-order valence-electron chi connectivity index (χ0n) is 18.8. The average Bonchev–Trinajstić information content (AvgIpc) is 3.47. The van der Waals surface area contributed by atoms with Crippen LogP contribution in [0.15, 0.2) is 36.8 Å². The molecule has 1 aliphatic rings. The maximum absolute atomic E-state index is 15.0. The minimum Gasteiger partial charge on any atom is -0.493 e. The first-order chi connectivity index (χ1) is 16.1. The summed E-state index contributed by atoms with van der Waals surface area (Å²) in [4.78, 5) is 11.0. The fraction of sp³-hybridized carbons (Fsp3) is 0.375. The molecule has 0 radical (unpaired) electrons. The molecule has 0 atom stereocenters. The van der Waals surface area contributed by atoms with E-state index in [1.54, 1.807) is 49.3 Å². The van der Waals surface area contributed by atoms with Gasteiger partial charge in [0.05, 0.1) is 35.5 Å². The maximum atomic E-state index is 15.0. The first-order valence-electron chi connectivity index (χ1n) is 11.1. The van der Waals surface area contributed by atoms with Gasteiger partial charge in [-0.25, -0.2) is 14.4 Å². The number of methoxy groups -OCH3 is 1. The third-order valence-corrected chi connectivity index (χ3v) is 5.87. The van der Waals surface area contributed by atoms with Gasteiger partial charge in [-0.1, -0.05) is 0 Å². The van der Waals surface area contributed by atoms with Gasteiger partial charge in [0.1, 0.15) is 6.33 Å². The monoisotopic (exact) mass is 451 g/mol. The van der Waals surface area contributed by atoms with Crippen LogP contribution in [0.5, 0.6) is 23.1 Å². The number of hydrogen-bond donors (Lipinski definition) is 0. The molecular weight excluding hydrogens is 425 g/mol. The molecule has 4 aromatic rings. The Morgan fingerprint density at radius 3 is 2.67 bits per heavy atom. The van der Waals surface area contributed by atoms with Crippen molar-refractivity contribution in [2.24, 2.45) is 7.05 Å². The lowest BCUT2D eigenvalue weighted by Gasteiger charge is -2.16. The third-order valence-electron chi connectivity index (χ3n) is 5.87. The Morgan fingerprint density at radius 1 is 1.00 bits per heavy atom. The van der Waals surface area contributed by atoms with Crippen LogP contribution in [0.25, 0.3) is 21.8 Å². The van der Waals surface area contributed by atoms with Crippen LogP contribution in [0.3, 0.4) is 0 Å². The molecule has 0 aliphatic carbocycles. The Balaban J connectivity index is 1.38. The summed E-state index contributed by atoms with van der Waals surface area (Å²) in [5, 5.41) is 5.21. The molecule has 0 amide bonds. The molecule has 5 rings (SSSR count). The van der Waals surface area contributed by atoms with E-state index in [0.29, 0.717) is 39.9 Å². The van der Waals surface area contributed by atoms with E-state index in [9.17, 15) is 4.39 Å². The van der Waals surface area contributed by atoms with Crippen molar-refractivity contribution < 1.29 is 18.6 Å². The molecule has 0 spiro atoms. The summed E-state index contributed by atoms with van der Waals surface area (Å²) in [5.74, 6) is 0.973. The summed E-state index contributed by atoms with van der Waals surface area (Å²) < 4.78 is 34.0. The van der Waals surface area contributed by atoms with Gasteiger partial charge < -0.3 is 19.1 Å². The van der Waals surface area contributed by atoms with Gasteiger partial charge in [0.15, 0.2) is 23.1 Å². The van der Waals surface area contributed by atoms with Gasteiger partial charge in [-0.05, 0) is 50.6 Å². The maximum Gasteiger partial charge on any atom is 0.230 e. The highest BCUT2D eigenvalue weighted by atomic mass is 19.1. The van der Waals surface area contributed by atoms with Crippen molar-refractivity contribution >= 4 is 21.8 Å². The van der Waals surface area contributed by atoms with Gasteiger partial charge in [0.2, 0.25) is 5.88 Å². The second kappa shape index (κ2) is 9.19. The lowest BCUT2D eigenvalue weighted by molar-refractivity contribution is 0.254. The summed E-state index contributed by atoms with van der Waals surface area (Å²) >= 11 is 0. The van der Waals surface area contributed by atoms with Gasteiger partial charge in [0, 0.05) is 25.9 Å². The molecule has 2 aromatic heterocycles. The Kier molecular flexibility index (Phi) is 5.95. The Morgan fingerprint density at radius 2 is 1.85 bits per heavy atom. The predicted octanol–water partition coefficient (Wildman–Crippen LogP) is 4.32. The Labute approximate surface area is 190 Å². The zero-order chi connectivity index (χ0) is 22.8. The predicted molar refractivity (Wildman–Crippen MR) is 123 cm³/mol. The summed E-state index contributed by atoms with van der Waals surface area (Å²) in [7, 11) is 3.33. The largest absolute Gasteiger partial charge is 0.493 e. The molecule has 3 heterocycles. The number of halogens is 1. The third kappa shape index (κ3) is 4.41. The molecule has 33 heavy (non-hydrogen) atoms. The molecule has 0 saturated carbocycles. The summed E-state index contributed by atoms with van der Waals surface area (Å²) in [6.07, 6.45) is 6.51. The fourth-order valence-electron chi connectivity index (χ4n) is 4.21. The van der Waals surface area contributed by atoms with E-state index in [1.165, 1.54) is 32.3 Å². The minimum absolute atomic E-state index is 0.0664. The summed E-state index contributed by atoms with van der Waals surface area (Å²) in [5.41, 5.74) is 1.18. The number of aromatic nitrogens is 4. The van der Waals surface area contributed by atoms with Gasteiger partial charge in [0.25, 0.3) is 0 Å². The molecule has 0 unspecified atom stereocenters. The summed E-state index contributed by atoms with van der Waals surface area (Å²) in [6.45, 7) is 3.96. The van der Waals surface area contributed by atoms with Gasteiger partial charge in [-0.2, -0.15) is 5.10 Å². The number of hydrogen-bond acceptors (Lipinski definition) is 7. The van der Waals surface area contributed by atoms with E-state index in [0.717, 1.165) is 13.0 Å². The number of rotatable bonds is 8. The van der Waals surface area contributed by atoms with Crippen LogP contribution in [0, 0.1) is 5.82 Å². The molecule has 9 heteroatoms. The van der Waals surface area contributed by atoms with Crippen LogP contribution in [0.4, 0.5) is 4.39 Å². The molecule has 0 N–H and O–H groups in total. The molecule has 2 aromatic carbocycles. The molecule has 1 aliphatic heterocycles. The molecule has 1 saturated heterocycles. The van der Waals surface area contributed by atoms with Crippen molar-refractivity contribution in [3.63, 3.8) is 0 Å². The molecule has 1 fully saturated rings. The topological polar surface area (TPSA) is 74.5 Å². The van der Waals surface area contributed by atoms with Gasteiger partial charge in [-0.15, -0.1) is 0 Å². The first kappa shape index (κ1) is 21.4. The van der Waals surface area contributed by atoms with E-state index in [2.05, 4.69) is 20.0 Å². The molecular formula is C24H26FN5O3. The van der Waals surface area contributed by atoms with Crippen LogP contribution in [-0.2, 0) is 7.05 Å². The van der Waals surface area contributed by atoms with Crippen molar-refractivity contribution in [3.05, 3.63) is 42.6 Å². The van der Waals surface area contributed by atoms with E-state index < -0.39 is 5.82 Å². The van der Waals surface area contributed by atoms with E-state index >= 15 is 0 Å². The molecule has 0 bridgehead atoms. The number of nitrogens with zero attached hydrogens (tertiary/aromatic N) is 5. The lowest BCUT2D eigenvalue weighted by Crippen LogP contribution is -2.21. The number of benzene rings is 2. The van der Waals surface area contributed by atoms with E-state index in [1.807, 2.05) is 0 Å². The second-order valence-electron chi connectivity index (χ2n) is 8.17. The number of fused-ring (bicyclic) bond motifs is 2. The Hall–Kier alpha value is -3.46. The first-order valence-corrected chi connectivity index (χ1v) is 11.1. The van der Waals surface area contributed by atoms with Crippen LogP contribution in [0.1, 0.15) is 19.3 Å². The Bertz CT molecular complexity index is 1290. The smallest absolute Gasteiger partial charge is 0.230 e. The minimum atomic E-state index is -0.489. The van der Waals surface area contributed by atoms with E-state index in [4.69, 9.17) is 14.2 Å². The summed E-state index contributed by atoms with van der Waals surface area (Å²) in [6, 6.07) is 6.83. The highest BCUT2D eigenvalue weighted by Crippen LogP contribution is 2.37. The zero-order valence-corrected chi connectivity index (χ0v) is 18.8. The SMILES string of the molecule is COc1cc2c(Oc3ccc4nn(C)cc4c3F)ncnc2cc1OCCCN1CCCC1. The number of ether oxygens (including phenoxy) is 3. The normalized spacial score (nSPS) is 14.3. The van der Waals surface area contributed by atoms with Gasteiger partial charge in [-0.3, -0.25) is 4.68 Å². The van der Waals surface area contributed by atoms with Crippen LogP contribution in [0.2, 0.25) is 0 Å². The van der Waals surface area contributed by atoms with Crippen LogP contribution in [-0.4, -0.2) is 58.0 Å². The quantitative estimate of drug-likeness (QED) is 0.369. The average molecular weight is 452 g/mol. The highest BCUT2D eigenvalue weighted by Gasteiger charge is 2.17. The van der Waals surface area contributed by atoms with Crippen molar-refractivity contribution in [2.45, 2.75) is 19.3 Å². The molecule has 8 nitrogen and oxygen atoms in total. The molecule has 172 valence electrons. The number of likely N-dealkylation sites (tertiary alicyclic amines) is 1. The van der Waals surface area contributed by atoms with Crippen molar-refractivity contribution in [3.8, 4) is 23.1 Å². The van der Waals surface area contributed by atoms with Crippen molar-refractivity contribution in [1.82, 2.24) is 24.6 Å². The van der Waals surface area contributed by atoms with Crippen LogP contribution >= 0.6 is 0 Å². The second-order valence-corrected chi connectivity index (χ2v) is 8.17. The fourth-order valence-corrected chi connectivity index (χ4v) is 4.21. The van der Waals surface area contributed by atoms with Crippen molar-refractivity contribution in [2.75, 3.05) is 33.4 Å².